The van der Waals surface area contributed by atoms with E-state index in [1.165, 1.54) is 38.1 Å². The van der Waals surface area contributed by atoms with E-state index in [-0.39, 0.29) is 12.2 Å². The fourth-order valence-electron chi connectivity index (χ4n) is 2.46. The highest BCUT2D eigenvalue weighted by Crippen LogP contribution is 2.12. The number of carboxylic acids is 1. The van der Waals surface area contributed by atoms with Crippen LogP contribution >= 0.6 is 0 Å². The molecule has 0 heterocycles. The van der Waals surface area contributed by atoms with E-state index in [4.69, 9.17) is 15.9 Å². The third kappa shape index (κ3) is 8.20. The summed E-state index contributed by atoms with van der Waals surface area (Å²) in [6.45, 7) is 1.80. The number of aromatic hydroxyl groups is 1. The minimum absolute atomic E-state index is 0.00890. The van der Waals surface area contributed by atoms with Crippen molar-refractivity contribution in [2.24, 2.45) is 5.73 Å². The molecule has 0 aliphatic rings. The van der Waals surface area contributed by atoms with Crippen molar-refractivity contribution < 1.29 is 39.6 Å². The molecule has 31 heavy (non-hydrogen) atoms. The second kappa shape index (κ2) is 11.8. The van der Waals surface area contributed by atoms with E-state index in [0.29, 0.717) is 5.56 Å². The number of nitrogens with two attached hydrogens (primary N) is 1. The summed E-state index contributed by atoms with van der Waals surface area (Å²) < 4.78 is 0. The van der Waals surface area contributed by atoms with E-state index >= 15 is 0 Å². The molecule has 12 heteroatoms. The molecule has 3 amide bonds. The number of carboxylic acid groups (broad SMARTS) is 1. The molecule has 0 aromatic heterocycles. The third-order valence-electron chi connectivity index (χ3n) is 4.33. The number of amides is 3. The fourth-order valence-corrected chi connectivity index (χ4v) is 2.46. The smallest absolute Gasteiger partial charge is 0.325 e. The Morgan fingerprint density at radius 1 is 0.968 bits per heavy atom. The van der Waals surface area contributed by atoms with Gasteiger partial charge in [-0.2, -0.15) is 0 Å². The van der Waals surface area contributed by atoms with Gasteiger partial charge >= 0.3 is 5.97 Å². The van der Waals surface area contributed by atoms with Crippen LogP contribution < -0.4 is 21.7 Å². The summed E-state index contributed by atoms with van der Waals surface area (Å²) in [6.07, 6.45) is -1.44. The van der Waals surface area contributed by atoms with E-state index in [9.17, 15) is 29.4 Å². The molecule has 0 aliphatic carbocycles. The van der Waals surface area contributed by atoms with Gasteiger partial charge in [0.05, 0.1) is 12.7 Å². The van der Waals surface area contributed by atoms with Gasteiger partial charge in [0.15, 0.2) is 0 Å². The van der Waals surface area contributed by atoms with Crippen molar-refractivity contribution in [3.8, 4) is 5.75 Å². The van der Waals surface area contributed by atoms with Crippen molar-refractivity contribution in [1.29, 1.82) is 0 Å². The molecule has 1 aromatic rings. The molecule has 0 bridgehead atoms. The maximum atomic E-state index is 12.7. The summed E-state index contributed by atoms with van der Waals surface area (Å²) >= 11 is 0. The molecule has 0 aliphatic heterocycles. The van der Waals surface area contributed by atoms with Crippen molar-refractivity contribution >= 4 is 23.7 Å². The standard InChI is InChI=1S/C19H28N4O8/c1-9(19(30)31)21-17(28)14(7-11-3-5-12(26)6-4-11)22-18(29)15(10(2)25)23-16(27)13(20)8-24/h3-6,9-10,13-15,24-26H,7-8,20H2,1-2H3,(H,21,28)(H,22,29)(H,23,27)(H,30,31). The highest BCUT2D eigenvalue weighted by atomic mass is 16.4. The maximum absolute atomic E-state index is 12.7. The van der Waals surface area contributed by atoms with E-state index in [1.54, 1.807) is 0 Å². The first-order valence-corrected chi connectivity index (χ1v) is 9.42. The summed E-state index contributed by atoms with van der Waals surface area (Å²) in [6, 6.07) is 0.471. The zero-order valence-electron chi connectivity index (χ0n) is 17.1. The van der Waals surface area contributed by atoms with Crippen molar-refractivity contribution in [2.45, 2.75) is 50.5 Å². The lowest BCUT2D eigenvalue weighted by Gasteiger charge is -2.26. The Bertz CT molecular complexity index is 784. The summed E-state index contributed by atoms with van der Waals surface area (Å²) in [5.41, 5.74) is 5.94. The summed E-state index contributed by atoms with van der Waals surface area (Å²) in [4.78, 5) is 48.2. The number of hydrogen-bond acceptors (Lipinski definition) is 8. The van der Waals surface area contributed by atoms with Gasteiger partial charge in [-0.3, -0.25) is 19.2 Å². The molecule has 1 rings (SSSR count). The Kier molecular flexibility index (Phi) is 9.86. The van der Waals surface area contributed by atoms with Crippen LogP contribution in [0.25, 0.3) is 0 Å². The number of carbonyl (C=O) groups excluding carboxylic acids is 3. The van der Waals surface area contributed by atoms with Crippen molar-refractivity contribution in [2.75, 3.05) is 6.61 Å². The molecule has 5 atom stereocenters. The molecule has 0 spiro atoms. The average molecular weight is 440 g/mol. The predicted molar refractivity (Wildman–Crippen MR) is 108 cm³/mol. The van der Waals surface area contributed by atoms with Gasteiger partial charge in [-0.1, -0.05) is 12.1 Å². The van der Waals surface area contributed by atoms with E-state index in [0.717, 1.165) is 0 Å². The highest BCUT2D eigenvalue weighted by Gasteiger charge is 2.31. The summed E-state index contributed by atoms with van der Waals surface area (Å²) in [7, 11) is 0. The lowest BCUT2D eigenvalue weighted by atomic mass is 10.0. The van der Waals surface area contributed by atoms with Gasteiger partial charge in [0.25, 0.3) is 0 Å². The quantitative estimate of drug-likeness (QED) is 0.178. The van der Waals surface area contributed by atoms with E-state index in [1.807, 2.05) is 0 Å². The van der Waals surface area contributed by atoms with Crippen LogP contribution in [0.2, 0.25) is 0 Å². The largest absolute Gasteiger partial charge is 0.508 e. The lowest BCUT2D eigenvalue weighted by Crippen LogP contribution is -2.60. The number of nitrogens with one attached hydrogen (secondary N) is 3. The maximum Gasteiger partial charge on any atom is 0.325 e. The number of hydrogen-bond donors (Lipinski definition) is 8. The Balaban J connectivity index is 3.05. The minimum atomic E-state index is -1.49. The first kappa shape index (κ1) is 25.8. The zero-order chi connectivity index (χ0) is 23.7. The van der Waals surface area contributed by atoms with Crippen LogP contribution in [0.1, 0.15) is 19.4 Å². The van der Waals surface area contributed by atoms with Crippen LogP contribution in [0, 0.1) is 0 Å². The number of aliphatic carboxylic acids is 1. The van der Waals surface area contributed by atoms with E-state index in [2.05, 4.69) is 16.0 Å². The predicted octanol–water partition coefficient (Wildman–Crippen LogP) is -2.81. The van der Waals surface area contributed by atoms with Gasteiger partial charge in [-0.25, -0.2) is 0 Å². The topological polar surface area (TPSA) is 211 Å². The monoisotopic (exact) mass is 440 g/mol. The summed E-state index contributed by atoms with van der Waals surface area (Å²) in [5, 5.41) is 44.1. The van der Waals surface area contributed by atoms with Crippen LogP contribution in [-0.2, 0) is 25.6 Å². The normalized spacial score (nSPS) is 15.6. The Morgan fingerprint density at radius 3 is 2.03 bits per heavy atom. The van der Waals surface area contributed by atoms with Gasteiger partial charge in [0.2, 0.25) is 17.7 Å². The van der Waals surface area contributed by atoms with Crippen molar-refractivity contribution in [3.63, 3.8) is 0 Å². The second-order valence-electron chi connectivity index (χ2n) is 7.02. The number of aliphatic hydroxyl groups excluding tert-OH is 2. The fraction of sp³-hybridized carbons (Fsp3) is 0.474. The van der Waals surface area contributed by atoms with Gasteiger partial charge in [-0.05, 0) is 31.5 Å². The molecular formula is C19H28N4O8. The number of benzene rings is 1. The Morgan fingerprint density at radius 2 is 1.55 bits per heavy atom. The first-order valence-electron chi connectivity index (χ1n) is 9.42. The number of carbonyl (C=O) groups is 4. The van der Waals surface area contributed by atoms with Crippen LogP contribution in [-0.4, -0.2) is 81.0 Å². The van der Waals surface area contributed by atoms with Gasteiger partial charge in [0, 0.05) is 6.42 Å². The highest BCUT2D eigenvalue weighted by molar-refractivity contribution is 5.94. The molecule has 0 saturated carbocycles. The molecule has 0 fully saturated rings. The Labute approximate surface area is 178 Å². The van der Waals surface area contributed by atoms with Crippen LogP contribution in [0.4, 0.5) is 0 Å². The molecule has 5 unspecified atom stereocenters. The second-order valence-corrected chi connectivity index (χ2v) is 7.02. The van der Waals surface area contributed by atoms with E-state index < -0.39 is 60.6 Å². The van der Waals surface area contributed by atoms with Crippen LogP contribution in [0.5, 0.6) is 5.75 Å². The molecule has 9 N–H and O–H groups in total. The minimum Gasteiger partial charge on any atom is -0.508 e. The first-order chi connectivity index (χ1) is 14.5. The third-order valence-corrected chi connectivity index (χ3v) is 4.33. The molecule has 1 aromatic carbocycles. The average Bonchev–Trinajstić information content (AvgIpc) is 2.71. The molecular weight excluding hydrogens is 412 g/mol. The summed E-state index contributed by atoms with van der Waals surface area (Å²) in [5.74, 6) is -3.91. The molecule has 0 radical (unpaired) electrons. The van der Waals surface area contributed by atoms with Gasteiger partial charge in [-0.15, -0.1) is 0 Å². The number of phenols is 1. The lowest BCUT2D eigenvalue weighted by molar-refractivity contribution is -0.142. The number of aliphatic hydroxyl groups is 2. The van der Waals surface area contributed by atoms with Crippen molar-refractivity contribution in [1.82, 2.24) is 16.0 Å². The Hall–Kier alpha value is -3.22. The van der Waals surface area contributed by atoms with Crippen LogP contribution in [0.3, 0.4) is 0 Å². The number of phenolic OH excluding ortho intramolecular Hbond substituents is 1. The molecule has 12 nitrogen and oxygen atoms in total. The molecule has 0 saturated heterocycles. The SMILES string of the molecule is CC(NC(=O)C(Cc1ccc(O)cc1)NC(=O)C(NC(=O)C(N)CO)C(C)O)C(=O)O. The van der Waals surface area contributed by atoms with Crippen molar-refractivity contribution in [3.05, 3.63) is 29.8 Å². The van der Waals surface area contributed by atoms with Gasteiger partial charge < -0.3 is 42.1 Å². The molecule has 172 valence electrons. The van der Waals surface area contributed by atoms with Crippen LogP contribution in [0.15, 0.2) is 24.3 Å². The zero-order valence-corrected chi connectivity index (χ0v) is 17.1. The van der Waals surface area contributed by atoms with Gasteiger partial charge in [0.1, 0.15) is 29.9 Å². The number of rotatable bonds is 11.